The maximum absolute atomic E-state index is 12.5. The lowest BCUT2D eigenvalue weighted by atomic mass is 10.1. The summed E-state index contributed by atoms with van der Waals surface area (Å²) < 4.78 is 0. The van der Waals surface area contributed by atoms with Gasteiger partial charge in [-0.1, -0.05) is 19.9 Å². The molecule has 0 aliphatic carbocycles. The fourth-order valence-corrected chi connectivity index (χ4v) is 2.30. The number of phenolic OH excluding ortho intramolecular Hbond substituents is 1. The standard InChI is InChI=1S/C15H24N2O2/c1-4-12(5-2)17(9-8-16)15(19)13-7-6-11(3)10-14(13)18/h6-7,10,12,18H,4-5,8-9,16H2,1-3H3. The predicted octanol–water partition coefficient (Wildman–Crippen LogP) is 2.29. The molecule has 0 fully saturated rings. The Morgan fingerprint density at radius 1 is 1.37 bits per heavy atom. The van der Waals surface area contributed by atoms with Crippen LogP contribution in [0.1, 0.15) is 42.6 Å². The Bertz CT molecular complexity index is 428. The second kappa shape index (κ2) is 7.14. The van der Waals surface area contributed by atoms with E-state index in [4.69, 9.17) is 5.73 Å². The van der Waals surface area contributed by atoms with Crippen molar-refractivity contribution in [3.8, 4) is 5.75 Å². The third-order valence-electron chi connectivity index (χ3n) is 3.40. The highest BCUT2D eigenvalue weighted by Crippen LogP contribution is 2.22. The molecular formula is C15H24N2O2. The van der Waals surface area contributed by atoms with Gasteiger partial charge in [-0.15, -0.1) is 0 Å². The molecule has 0 bridgehead atoms. The van der Waals surface area contributed by atoms with Gasteiger partial charge in [0.25, 0.3) is 5.91 Å². The van der Waals surface area contributed by atoms with E-state index in [1.807, 2.05) is 13.0 Å². The van der Waals surface area contributed by atoms with Crippen molar-refractivity contribution in [3.63, 3.8) is 0 Å². The Hall–Kier alpha value is -1.55. The third-order valence-corrected chi connectivity index (χ3v) is 3.40. The molecule has 0 heterocycles. The molecule has 1 rings (SSSR count). The Morgan fingerprint density at radius 2 is 2.00 bits per heavy atom. The van der Waals surface area contributed by atoms with Crippen molar-refractivity contribution in [1.82, 2.24) is 4.90 Å². The summed E-state index contributed by atoms with van der Waals surface area (Å²) in [7, 11) is 0. The molecule has 0 radical (unpaired) electrons. The van der Waals surface area contributed by atoms with Crippen LogP contribution in [0.2, 0.25) is 0 Å². The quantitative estimate of drug-likeness (QED) is 0.828. The number of nitrogens with zero attached hydrogens (tertiary/aromatic N) is 1. The summed E-state index contributed by atoms with van der Waals surface area (Å²) in [5.74, 6) is -0.102. The van der Waals surface area contributed by atoms with Gasteiger partial charge >= 0.3 is 0 Å². The first-order valence-electron chi connectivity index (χ1n) is 6.85. The number of benzene rings is 1. The van der Waals surface area contributed by atoms with Crippen molar-refractivity contribution < 1.29 is 9.90 Å². The topological polar surface area (TPSA) is 66.6 Å². The van der Waals surface area contributed by atoms with Crippen molar-refractivity contribution in [2.24, 2.45) is 5.73 Å². The van der Waals surface area contributed by atoms with E-state index in [9.17, 15) is 9.90 Å². The molecule has 0 atom stereocenters. The van der Waals surface area contributed by atoms with Crippen LogP contribution in [0.3, 0.4) is 0 Å². The Balaban J connectivity index is 3.04. The van der Waals surface area contributed by atoms with Gasteiger partial charge in [-0.3, -0.25) is 4.79 Å². The number of hydrogen-bond acceptors (Lipinski definition) is 3. The number of aromatic hydroxyl groups is 1. The van der Waals surface area contributed by atoms with Gasteiger partial charge in [0.1, 0.15) is 5.75 Å². The van der Waals surface area contributed by atoms with Gasteiger partial charge in [-0.05, 0) is 37.5 Å². The molecule has 0 aliphatic rings. The van der Waals surface area contributed by atoms with E-state index in [0.29, 0.717) is 18.7 Å². The van der Waals surface area contributed by atoms with Crippen molar-refractivity contribution in [3.05, 3.63) is 29.3 Å². The van der Waals surface area contributed by atoms with E-state index in [-0.39, 0.29) is 17.7 Å². The number of carbonyl (C=O) groups is 1. The number of aryl methyl sites for hydroxylation is 1. The second-order valence-corrected chi connectivity index (χ2v) is 4.78. The fourth-order valence-electron chi connectivity index (χ4n) is 2.30. The fraction of sp³-hybridized carbons (Fsp3) is 0.533. The Labute approximate surface area is 115 Å². The van der Waals surface area contributed by atoms with Gasteiger partial charge in [-0.2, -0.15) is 0 Å². The van der Waals surface area contributed by atoms with Crippen LogP contribution in [-0.4, -0.2) is 35.0 Å². The first-order chi connectivity index (χ1) is 9.04. The molecule has 1 aromatic rings. The second-order valence-electron chi connectivity index (χ2n) is 4.78. The number of amides is 1. The molecule has 0 spiro atoms. The van der Waals surface area contributed by atoms with Crippen molar-refractivity contribution in [2.75, 3.05) is 13.1 Å². The first kappa shape index (κ1) is 15.5. The van der Waals surface area contributed by atoms with E-state index >= 15 is 0 Å². The summed E-state index contributed by atoms with van der Waals surface area (Å²) >= 11 is 0. The largest absolute Gasteiger partial charge is 0.507 e. The number of hydrogen-bond donors (Lipinski definition) is 2. The van der Waals surface area contributed by atoms with Crippen LogP contribution in [-0.2, 0) is 0 Å². The molecular weight excluding hydrogens is 240 g/mol. The van der Waals surface area contributed by atoms with Gasteiger partial charge in [0.2, 0.25) is 0 Å². The third kappa shape index (κ3) is 3.70. The zero-order chi connectivity index (χ0) is 14.4. The van der Waals surface area contributed by atoms with Crippen molar-refractivity contribution in [1.29, 1.82) is 0 Å². The molecule has 1 amide bonds. The molecule has 0 aliphatic heterocycles. The molecule has 4 nitrogen and oxygen atoms in total. The van der Waals surface area contributed by atoms with Crippen LogP contribution in [0.25, 0.3) is 0 Å². The average molecular weight is 264 g/mol. The summed E-state index contributed by atoms with van der Waals surface area (Å²) in [6.07, 6.45) is 1.77. The predicted molar refractivity (Wildman–Crippen MR) is 77.3 cm³/mol. The van der Waals surface area contributed by atoms with Crippen molar-refractivity contribution >= 4 is 5.91 Å². The zero-order valence-corrected chi connectivity index (χ0v) is 12.0. The summed E-state index contributed by atoms with van der Waals surface area (Å²) in [6, 6.07) is 5.29. The Morgan fingerprint density at radius 3 is 2.47 bits per heavy atom. The molecule has 0 unspecified atom stereocenters. The van der Waals surface area contributed by atoms with E-state index in [1.165, 1.54) is 0 Å². The van der Waals surface area contributed by atoms with E-state index in [2.05, 4.69) is 13.8 Å². The zero-order valence-electron chi connectivity index (χ0n) is 12.0. The lowest BCUT2D eigenvalue weighted by Gasteiger charge is -2.30. The Kier molecular flexibility index (Phi) is 5.83. The molecule has 0 aromatic heterocycles. The van der Waals surface area contributed by atoms with Crippen LogP contribution in [0, 0.1) is 6.92 Å². The van der Waals surface area contributed by atoms with Crippen LogP contribution < -0.4 is 5.73 Å². The lowest BCUT2D eigenvalue weighted by Crippen LogP contribution is -2.42. The summed E-state index contributed by atoms with van der Waals surface area (Å²) in [5, 5.41) is 9.93. The van der Waals surface area contributed by atoms with E-state index in [0.717, 1.165) is 18.4 Å². The molecule has 1 aromatic carbocycles. The van der Waals surface area contributed by atoms with Crippen molar-refractivity contribution in [2.45, 2.75) is 39.7 Å². The first-order valence-corrected chi connectivity index (χ1v) is 6.85. The summed E-state index contributed by atoms with van der Waals surface area (Å²) in [4.78, 5) is 14.3. The minimum absolute atomic E-state index is 0.0398. The molecule has 4 heteroatoms. The molecule has 0 saturated carbocycles. The molecule has 3 N–H and O–H groups in total. The maximum atomic E-state index is 12.5. The average Bonchev–Trinajstić information content (AvgIpc) is 2.38. The minimum atomic E-state index is -0.142. The van der Waals surface area contributed by atoms with Crippen LogP contribution in [0.4, 0.5) is 0 Å². The maximum Gasteiger partial charge on any atom is 0.257 e. The SMILES string of the molecule is CCC(CC)N(CCN)C(=O)c1ccc(C)cc1O. The van der Waals surface area contributed by atoms with Gasteiger partial charge in [0.15, 0.2) is 0 Å². The van der Waals surface area contributed by atoms with E-state index < -0.39 is 0 Å². The lowest BCUT2D eigenvalue weighted by molar-refractivity contribution is 0.0671. The molecule has 19 heavy (non-hydrogen) atoms. The van der Waals surface area contributed by atoms with Crippen LogP contribution in [0.15, 0.2) is 18.2 Å². The van der Waals surface area contributed by atoms with Gasteiger partial charge in [0, 0.05) is 19.1 Å². The van der Waals surface area contributed by atoms with Crippen LogP contribution in [0.5, 0.6) is 5.75 Å². The van der Waals surface area contributed by atoms with Crippen LogP contribution >= 0.6 is 0 Å². The number of nitrogens with two attached hydrogens (primary N) is 1. The number of phenols is 1. The number of carbonyl (C=O) groups excluding carboxylic acids is 1. The monoisotopic (exact) mass is 264 g/mol. The van der Waals surface area contributed by atoms with Gasteiger partial charge < -0.3 is 15.7 Å². The highest BCUT2D eigenvalue weighted by atomic mass is 16.3. The highest BCUT2D eigenvalue weighted by Gasteiger charge is 2.23. The van der Waals surface area contributed by atoms with Gasteiger partial charge in [0.05, 0.1) is 5.56 Å². The minimum Gasteiger partial charge on any atom is -0.507 e. The smallest absolute Gasteiger partial charge is 0.257 e. The highest BCUT2D eigenvalue weighted by molar-refractivity contribution is 5.97. The molecule has 0 saturated heterocycles. The summed E-state index contributed by atoms with van der Waals surface area (Å²) in [5.41, 5.74) is 6.88. The number of rotatable bonds is 6. The van der Waals surface area contributed by atoms with E-state index in [1.54, 1.807) is 17.0 Å². The normalized spacial score (nSPS) is 10.8. The van der Waals surface area contributed by atoms with Gasteiger partial charge in [-0.25, -0.2) is 0 Å². The summed E-state index contributed by atoms with van der Waals surface area (Å²) in [6.45, 7) is 6.93. The molecule has 106 valence electrons.